The Labute approximate surface area is 120 Å². The normalized spacial score (nSPS) is 23.7. The first-order chi connectivity index (χ1) is 9.84. The van der Waals surface area contributed by atoms with Crippen LogP contribution in [-0.4, -0.2) is 31.7 Å². The number of anilines is 2. The van der Waals surface area contributed by atoms with Gasteiger partial charge in [-0.2, -0.15) is 0 Å². The van der Waals surface area contributed by atoms with Crippen LogP contribution >= 0.6 is 0 Å². The molecule has 2 saturated heterocycles. The minimum Gasteiger partial charge on any atom is -0.381 e. The quantitative estimate of drug-likeness (QED) is 0.921. The maximum Gasteiger partial charge on any atom is 0.227 e. The van der Waals surface area contributed by atoms with E-state index in [0.717, 1.165) is 56.8 Å². The van der Waals surface area contributed by atoms with Crippen molar-refractivity contribution in [2.45, 2.75) is 38.1 Å². The molecule has 0 bridgehead atoms. The highest BCUT2D eigenvalue weighted by molar-refractivity contribution is 5.98. The summed E-state index contributed by atoms with van der Waals surface area (Å²) in [7, 11) is 0. The lowest BCUT2D eigenvalue weighted by Crippen LogP contribution is -2.27. The van der Waals surface area contributed by atoms with Gasteiger partial charge in [-0.25, -0.2) is 0 Å². The van der Waals surface area contributed by atoms with E-state index >= 15 is 0 Å². The predicted octanol–water partition coefficient (Wildman–Crippen LogP) is 2.79. The number of rotatable bonds is 3. The first kappa shape index (κ1) is 13.4. The van der Waals surface area contributed by atoms with Crippen LogP contribution in [0.4, 0.5) is 11.4 Å². The van der Waals surface area contributed by atoms with Crippen LogP contribution in [0.15, 0.2) is 24.3 Å². The van der Waals surface area contributed by atoms with E-state index in [9.17, 15) is 4.79 Å². The van der Waals surface area contributed by atoms with Gasteiger partial charge in [-0.15, -0.1) is 0 Å². The topological polar surface area (TPSA) is 41.6 Å². The summed E-state index contributed by atoms with van der Waals surface area (Å²) in [5, 5.41) is 3.61. The molecule has 0 saturated carbocycles. The molecule has 2 heterocycles. The first-order valence-corrected chi connectivity index (χ1v) is 7.58. The molecule has 0 spiro atoms. The number of nitrogens with one attached hydrogen (secondary N) is 1. The van der Waals surface area contributed by atoms with E-state index in [1.807, 2.05) is 23.1 Å². The molecule has 0 aliphatic carbocycles. The van der Waals surface area contributed by atoms with Crippen molar-refractivity contribution >= 4 is 17.3 Å². The minimum absolute atomic E-state index is 0.239. The van der Waals surface area contributed by atoms with E-state index in [-0.39, 0.29) is 5.91 Å². The summed E-state index contributed by atoms with van der Waals surface area (Å²) in [6, 6.07) is 8.59. The lowest BCUT2D eigenvalue weighted by Gasteiger charge is -2.24. The van der Waals surface area contributed by atoms with E-state index in [0.29, 0.717) is 12.5 Å². The minimum atomic E-state index is 0.239. The van der Waals surface area contributed by atoms with Gasteiger partial charge in [-0.1, -0.05) is 12.1 Å². The second kappa shape index (κ2) is 6.27. The molecule has 1 aromatic rings. The fourth-order valence-electron chi connectivity index (χ4n) is 3.00. The Morgan fingerprint density at radius 3 is 2.90 bits per heavy atom. The molecule has 3 rings (SSSR count). The second-order valence-corrected chi connectivity index (χ2v) is 5.55. The van der Waals surface area contributed by atoms with Gasteiger partial charge in [0.2, 0.25) is 5.91 Å². The van der Waals surface area contributed by atoms with E-state index in [1.165, 1.54) is 0 Å². The molecule has 1 unspecified atom stereocenters. The monoisotopic (exact) mass is 274 g/mol. The third-order valence-corrected chi connectivity index (χ3v) is 4.08. The third kappa shape index (κ3) is 2.96. The van der Waals surface area contributed by atoms with Crippen LogP contribution in [0.3, 0.4) is 0 Å². The number of carbonyl (C=O) groups is 1. The molecule has 2 aliphatic heterocycles. The van der Waals surface area contributed by atoms with Gasteiger partial charge >= 0.3 is 0 Å². The van der Waals surface area contributed by atoms with Crippen molar-refractivity contribution in [3.05, 3.63) is 24.3 Å². The van der Waals surface area contributed by atoms with Gasteiger partial charge < -0.3 is 15.0 Å². The van der Waals surface area contributed by atoms with Gasteiger partial charge in [-0.3, -0.25) is 4.79 Å². The second-order valence-electron chi connectivity index (χ2n) is 5.55. The third-order valence-electron chi connectivity index (χ3n) is 4.08. The van der Waals surface area contributed by atoms with Gasteiger partial charge in [0.15, 0.2) is 0 Å². The van der Waals surface area contributed by atoms with Gasteiger partial charge in [0.1, 0.15) is 0 Å². The van der Waals surface area contributed by atoms with E-state index in [2.05, 4.69) is 11.4 Å². The summed E-state index contributed by atoms with van der Waals surface area (Å²) < 4.78 is 5.50. The highest BCUT2D eigenvalue weighted by Crippen LogP contribution is 2.30. The molecule has 4 heteroatoms. The summed E-state index contributed by atoms with van der Waals surface area (Å²) in [5.74, 6) is 0.239. The number of para-hydroxylation sites is 2. The SMILES string of the molecule is O=C1CCCN1c1ccccc1NC1CCCOCC1. The molecule has 20 heavy (non-hydrogen) atoms. The zero-order chi connectivity index (χ0) is 13.8. The molecular formula is C16H22N2O2. The van der Waals surface area contributed by atoms with E-state index < -0.39 is 0 Å². The Hall–Kier alpha value is -1.55. The first-order valence-electron chi connectivity index (χ1n) is 7.58. The standard InChI is InChI=1S/C16H22N2O2/c19-16-8-3-10-18(16)15-7-2-1-6-14(15)17-13-5-4-11-20-12-9-13/h1-2,6-7,13,17H,3-5,8-12H2. The van der Waals surface area contributed by atoms with Crippen molar-refractivity contribution in [3.63, 3.8) is 0 Å². The van der Waals surface area contributed by atoms with Crippen LogP contribution in [0.1, 0.15) is 32.1 Å². The summed E-state index contributed by atoms with van der Waals surface area (Å²) in [4.78, 5) is 13.9. The van der Waals surface area contributed by atoms with E-state index in [1.54, 1.807) is 0 Å². The van der Waals surface area contributed by atoms with Crippen molar-refractivity contribution in [1.29, 1.82) is 0 Å². The van der Waals surface area contributed by atoms with Crippen LogP contribution in [0, 0.1) is 0 Å². The fraction of sp³-hybridized carbons (Fsp3) is 0.562. The number of ether oxygens (including phenoxy) is 1. The fourth-order valence-corrected chi connectivity index (χ4v) is 3.00. The van der Waals surface area contributed by atoms with Gasteiger partial charge in [0.25, 0.3) is 0 Å². The van der Waals surface area contributed by atoms with Gasteiger partial charge in [-0.05, 0) is 37.8 Å². The lowest BCUT2D eigenvalue weighted by atomic mass is 10.1. The summed E-state index contributed by atoms with van der Waals surface area (Å²) >= 11 is 0. The molecule has 0 radical (unpaired) electrons. The largest absolute Gasteiger partial charge is 0.381 e. The smallest absolute Gasteiger partial charge is 0.227 e. The summed E-state index contributed by atoms with van der Waals surface area (Å²) in [6.45, 7) is 2.53. The molecule has 2 fully saturated rings. The zero-order valence-electron chi connectivity index (χ0n) is 11.8. The molecule has 1 amide bonds. The van der Waals surface area contributed by atoms with Crippen LogP contribution in [0.2, 0.25) is 0 Å². The van der Waals surface area contributed by atoms with Gasteiger partial charge in [0, 0.05) is 32.2 Å². The molecule has 108 valence electrons. The molecule has 1 aromatic carbocycles. The van der Waals surface area contributed by atoms with Crippen LogP contribution in [0.25, 0.3) is 0 Å². The Morgan fingerprint density at radius 1 is 1.15 bits per heavy atom. The van der Waals surface area contributed by atoms with Crippen molar-refractivity contribution in [2.75, 3.05) is 30.0 Å². The summed E-state index contributed by atoms with van der Waals surface area (Å²) in [6.07, 6.45) is 4.89. The molecule has 4 nitrogen and oxygen atoms in total. The molecule has 1 N–H and O–H groups in total. The Balaban J connectivity index is 1.76. The average Bonchev–Trinajstić information content (AvgIpc) is 2.73. The average molecular weight is 274 g/mol. The number of amides is 1. The predicted molar refractivity (Wildman–Crippen MR) is 80.1 cm³/mol. The Kier molecular flexibility index (Phi) is 4.21. The number of hydrogen-bond donors (Lipinski definition) is 1. The number of nitrogens with zero attached hydrogens (tertiary/aromatic N) is 1. The molecule has 2 aliphatic rings. The van der Waals surface area contributed by atoms with Crippen LogP contribution in [0.5, 0.6) is 0 Å². The number of carbonyl (C=O) groups excluding carboxylic acids is 1. The van der Waals surface area contributed by atoms with Crippen molar-refractivity contribution in [1.82, 2.24) is 0 Å². The molecular weight excluding hydrogens is 252 g/mol. The van der Waals surface area contributed by atoms with Crippen molar-refractivity contribution in [2.24, 2.45) is 0 Å². The van der Waals surface area contributed by atoms with E-state index in [4.69, 9.17) is 4.74 Å². The van der Waals surface area contributed by atoms with Gasteiger partial charge in [0.05, 0.1) is 11.4 Å². The van der Waals surface area contributed by atoms with Crippen LogP contribution in [-0.2, 0) is 9.53 Å². The van der Waals surface area contributed by atoms with Crippen molar-refractivity contribution in [3.8, 4) is 0 Å². The Morgan fingerprint density at radius 2 is 2.05 bits per heavy atom. The maximum atomic E-state index is 12.0. The maximum absolute atomic E-state index is 12.0. The number of hydrogen-bond acceptors (Lipinski definition) is 3. The van der Waals surface area contributed by atoms with Crippen molar-refractivity contribution < 1.29 is 9.53 Å². The van der Waals surface area contributed by atoms with Crippen LogP contribution < -0.4 is 10.2 Å². The molecule has 0 aromatic heterocycles. The number of benzene rings is 1. The highest BCUT2D eigenvalue weighted by atomic mass is 16.5. The Bertz CT molecular complexity index is 467. The summed E-state index contributed by atoms with van der Waals surface area (Å²) in [5.41, 5.74) is 2.11. The lowest BCUT2D eigenvalue weighted by molar-refractivity contribution is -0.117. The highest BCUT2D eigenvalue weighted by Gasteiger charge is 2.24. The molecule has 1 atom stereocenters. The zero-order valence-corrected chi connectivity index (χ0v) is 11.8.